The lowest BCUT2D eigenvalue weighted by molar-refractivity contribution is -0.187. The zero-order valence-corrected chi connectivity index (χ0v) is 22.4. The van der Waals surface area contributed by atoms with Gasteiger partial charge < -0.3 is 15.1 Å². The average Bonchev–Trinajstić information content (AvgIpc) is 2.85. The van der Waals surface area contributed by atoms with E-state index in [0.717, 1.165) is 37.0 Å². The minimum absolute atomic E-state index is 0.0211. The number of carbonyl (C=O) groups excluding carboxylic acids is 3. The lowest BCUT2D eigenvalue weighted by atomic mass is 9.96. The Hall–Kier alpha value is -2.26. The van der Waals surface area contributed by atoms with Crippen molar-refractivity contribution in [3.05, 3.63) is 35.9 Å². The lowest BCUT2D eigenvalue weighted by Crippen LogP contribution is -2.76. The van der Waals surface area contributed by atoms with Crippen LogP contribution in [0.15, 0.2) is 30.3 Å². The molecule has 1 N–H and O–H groups in total. The van der Waals surface area contributed by atoms with E-state index in [1.807, 2.05) is 41.5 Å². The van der Waals surface area contributed by atoms with Gasteiger partial charge in [0, 0.05) is 20.1 Å². The van der Waals surface area contributed by atoms with Crippen LogP contribution in [-0.2, 0) is 16.1 Å². The van der Waals surface area contributed by atoms with Crippen molar-refractivity contribution in [2.45, 2.75) is 64.7 Å². The molecule has 9 heteroatoms. The second kappa shape index (κ2) is 13.2. The van der Waals surface area contributed by atoms with Crippen LogP contribution < -0.4 is 5.32 Å². The Labute approximate surface area is 214 Å². The van der Waals surface area contributed by atoms with Crippen molar-refractivity contribution < 1.29 is 14.4 Å². The Morgan fingerprint density at radius 3 is 2.60 bits per heavy atom. The molecule has 194 valence electrons. The molecule has 3 rings (SSSR count). The third-order valence-electron chi connectivity index (χ3n) is 7.05. The fourth-order valence-electron chi connectivity index (χ4n) is 5.06. The Bertz CT molecular complexity index is 855. The van der Waals surface area contributed by atoms with Gasteiger partial charge in [-0.3, -0.25) is 9.59 Å². The van der Waals surface area contributed by atoms with Crippen molar-refractivity contribution in [3.8, 4) is 0 Å². The number of thioether (sulfide) groups is 1. The average molecular weight is 504 g/mol. The number of nitrogens with zero attached hydrogens (tertiary/aromatic N) is 4. The van der Waals surface area contributed by atoms with Gasteiger partial charge in [0.05, 0.1) is 13.1 Å². The maximum Gasteiger partial charge on any atom is 0.334 e. The monoisotopic (exact) mass is 503 g/mol. The molecular weight excluding hydrogens is 462 g/mol. The summed E-state index contributed by atoms with van der Waals surface area (Å²) in [5.41, 5.74) is 1.01. The minimum Gasteiger partial charge on any atom is -0.337 e. The molecule has 35 heavy (non-hydrogen) atoms. The van der Waals surface area contributed by atoms with Gasteiger partial charge in [-0.2, -0.15) is 11.8 Å². The molecule has 2 heterocycles. The summed E-state index contributed by atoms with van der Waals surface area (Å²) in [7, 11) is 1.77. The molecule has 0 spiro atoms. The van der Waals surface area contributed by atoms with Crippen molar-refractivity contribution >= 4 is 29.6 Å². The number of amides is 4. The van der Waals surface area contributed by atoms with Crippen molar-refractivity contribution in [2.75, 3.05) is 38.7 Å². The summed E-state index contributed by atoms with van der Waals surface area (Å²) in [6, 6.07) is 8.98. The molecule has 0 bridgehead atoms. The van der Waals surface area contributed by atoms with Gasteiger partial charge in [-0.15, -0.1) is 0 Å². The number of nitrogens with one attached hydrogen (secondary N) is 1. The first-order chi connectivity index (χ1) is 16.9. The van der Waals surface area contributed by atoms with Crippen LogP contribution in [0.3, 0.4) is 0 Å². The SMILES string of the molecule is CCCCC(CC)CN1C[C@H]2N(C(=O)CN(C)N2C(=O)NCc2ccccc2)[C@@H](CCSC)C1=O. The Balaban J connectivity index is 1.84. The van der Waals surface area contributed by atoms with Crippen molar-refractivity contribution in [1.29, 1.82) is 0 Å². The standard InChI is InChI=1S/C26H41N5O3S/c1-5-7-11-20(6-2)17-29-18-23-30(22(25(29)33)14-15-35-4)24(32)19-28(3)31(23)26(34)27-16-21-12-9-8-10-13-21/h8-10,12-13,20,22-23H,5-7,11,14-19H2,1-4H3,(H,27,34)/t20?,22-,23-/m0/s1. The highest BCUT2D eigenvalue weighted by Gasteiger charge is 2.50. The number of piperazine rings is 1. The van der Waals surface area contributed by atoms with E-state index >= 15 is 0 Å². The molecule has 8 nitrogen and oxygen atoms in total. The Morgan fingerprint density at radius 1 is 1.20 bits per heavy atom. The number of urea groups is 1. The molecule has 0 radical (unpaired) electrons. The predicted molar refractivity (Wildman–Crippen MR) is 140 cm³/mol. The van der Waals surface area contributed by atoms with Crippen LogP contribution in [0.1, 0.15) is 51.5 Å². The van der Waals surface area contributed by atoms with Crippen LogP contribution >= 0.6 is 11.8 Å². The number of hydrogen-bond acceptors (Lipinski definition) is 5. The summed E-state index contributed by atoms with van der Waals surface area (Å²) in [5.74, 6) is 1.13. The molecular formula is C26H41N5O3S. The van der Waals surface area contributed by atoms with Gasteiger partial charge in [-0.25, -0.2) is 14.8 Å². The summed E-state index contributed by atoms with van der Waals surface area (Å²) < 4.78 is 0. The van der Waals surface area contributed by atoms with Gasteiger partial charge in [0.15, 0.2) is 0 Å². The number of hydrazine groups is 1. The first-order valence-electron chi connectivity index (χ1n) is 12.8. The molecule has 1 aromatic carbocycles. The molecule has 0 saturated carbocycles. The smallest absolute Gasteiger partial charge is 0.334 e. The fourth-order valence-corrected chi connectivity index (χ4v) is 5.52. The lowest BCUT2D eigenvalue weighted by Gasteiger charge is -2.54. The molecule has 0 aliphatic carbocycles. The maximum absolute atomic E-state index is 13.6. The molecule has 1 unspecified atom stereocenters. The molecule has 0 aromatic heterocycles. The first-order valence-corrected chi connectivity index (χ1v) is 14.2. The van der Waals surface area contributed by atoms with E-state index in [1.54, 1.807) is 33.7 Å². The van der Waals surface area contributed by atoms with Gasteiger partial charge in [-0.1, -0.05) is 63.4 Å². The van der Waals surface area contributed by atoms with Gasteiger partial charge in [0.1, 0.15) is 12.2 Å². The van der Waals surface area contributed by atoms with E-state index < -0.39 is 12.2 Å². The number of fused-ring (bicyclic) bond motifs is 1. The molecule has 4 amide bonds. The summed E-state index contributed by atoms with van der Waals surface area (Å²) in [6.45, 7) is 5.85. The van der Waals surface area contributed by atoms with Crippen molar-refractivity contribution in [1.82, 2.24) is 25.1 Å². The fraction of sp³-hybridized carbons (Fsp3) is 0.654. The Morgan fingerprint density at radius 2 is 1.94 bits per heavy atom. The number of carbonyl (C=O) groups is 3. The highest BCUT2D eigenvalue weighted by Crippen LogP contribution is 2.29. The zero-order chi connectivity index (χ0) is 25.4. The molecule has 3 atom stereocenters. The number of rotatable bonds is 11. The number of unbranched alkanes of at least 4 members (excludes halogenated alkanes) is 1. The molecule has 2 aliphatic rings. The van der Waals surface area contributed by atoms with E-state index in [4.69, 9.17) is 0 Å². The van der Waals surface area contributed by atoms with E-state index in [9.17, 15) is 14.4 Å². The van der Waals surface area contributed by atoms with Gasteiger partial charge in [0.25, 0.3) is 0 Å². The van der Waals surface area contributed by atoms with E-state index in [-0.39, 0.29) is 24.4 Å². The van der Waals surface area contributed by atoms with Crippen LogP contribution in [0.2, 0.25) is 0 Å². The Kier molecular flexibility index (Phi) is 10.3. The van der Waals surface area contributed by atoms with Gasteiger partial charge in [-0.05, 0) is 36.3 Å². The highest BCUT2D eigenvalue weighted by molar-refractivity contribution is 7.98. The summed E-state index contributed by atoms with van der Waals surface area (Å²) in [6.07, 6.45) is 6.45. The number of hydrogen-bond donors (Lipinski definition) is 1. The second-order valence-corrected chi connectivity index (χ2v) is 10.5. The maximum atomic E-state index is 13.6. The number of benzene rings is 1. The van der Waals surface area contributed by atoms with Gasteiger partial charge in [0.2, 0.25) is 11.8 Å². The van der Waals surface area contributed by atoms with Crippen molar-refractivity contribution in [2.24, 2.45) is 5.92 Å². The quantitative estimate of drug-likeness (QED) is 0.501. The minimum atomic E-state index is -0.532. The first kappa shape index (κ1) is 27.3. The van der Waals surface area contributed by atoms with Crippen LogP contribution in [-0.4, -0.2) is 88.6 Å². The third kappa shape index (κ3) is 6.70. The largest absolute Gasteiger partial charge is 0.337 e. The van der Waals surface area contributed by atoms with Gasteiger partial charge >= 0.3 is 6.03 Å². The predicted octanol–water partition coefficient (Wildman–Crippen LogP) is 3.39. The molecule has 2 saturated heterocycles. The van der Waals surface area contributed by atoms with E-state index in [0.29, 0.717) is 32.0 Å². The summed E-state index contributed by atoms with van der Waals surface area (Å²) >= 11 is 1.67. The molecule has 1 aromatic rings. The molecule has 2 fully saturated rings. The molecule has 2 aliphatic heterocycles. The third-order valence-corrected chi connectivity index (χ3v) is 7.70. The van der Waals surface area contributed by atoms with Crippen LogP contribution in [0.25, 0.3) is 0 Å². The normalized spacial score (nSPS) is 21.8. The summed E-state index contributed by atoms with van der Waals surface area (Å²) in [4.78, 5) is 43.8. The summed E-state index contributed by atoms with van der Waals surface area (Å²) in [5, 5.41) is 6.34. The van der Waals surface area contributed by atoms with E-state index in [2.05, 4.69) is 19.2 Å². The van der Waals surface area contributed by atoms with Crippen LogP contribution in [0.4, 0.5) is 4.79 Å². The second-order valence-electron chi connectivity index (χ2n) is 9.54. The number of likely N-dealkylation sites (N-methyl/N-ethyl adjacent to an activating group) is 1. The van der Waals surface area contributed by atoms with Crippen molar-refractivity contribution in [3.63, 3.8) is 0 Å². The highest BCUT2D eigenvalue weighted by atomic mass is 32.2. The van der Waals surface area contributed by atoms with Crippen LogP contribution in [0, 0.1) is 5.92 Å². The zero-order valence-electron chi connectivity index (χ0n) is 21.6. The van der Waals surface area contributed by atoms with Crippen LogP contribution in [0.5, 0.6) is 0 Å². The van der Waals surface area contributed by atoms with E-state index in [1.165, 1.54) is 0 Å². The topological polar surface area (TPSA) is 76.2 Å².